The van der Waals surface area contributed by atoms with E-state index in [2.05, 4.69) is 10.4 Å². The second kappa shape index (κ2) is 8.59. The molecule has 2 aromatic carbocycles. The van der Waals surface area contributed by atoms with Gasteiger partial charge in [-0.15, -0.1) is 0 Å². The maximum Gasteiger partial charge on any atom is 0.341 e. The van der Waals surface area contributed by atoms with Gasteiger partial charge in [-0.2, -0.15) is 5.10 Å². The van der Waals surface area contributed by atoms with Gasteiger partial charge in [0.15, 0.2) is 0 Å². The van der Waals surface area contributed by atoms with Crippen molar-refractivity contribution in [2.75, 3.05) is 19.5 Å². The molecule has 7 nitrogen and oxygen atoms in total. The van der Waals surface area contributed by atoms with Crippen molar-refractivity contribution in [3.05, 3.63) is 65.6 Å². The normalized spacial score (nSPS) is 11.2. The molecule has 1 aromatic heterocycles. The molecule has 1 amide bonds. The lowest BCUT2D eigenvalue weighted by molar-refractivity contribution is 0.0597. The smallest absolute Gasteiger partial charge is 0.341 e. The predicted octanol–water partition coefficient (Wildman–Crippen LogP) is 4.49. The fourth-order valence-corrected chi connectivity index (χ4v) is 3.16. The van der Waals surface area contributed by atoms with Crippen molar-refractivity contribution in [3.8, 4) is 17.0 Å². The van der Waals surface area contributed by atoms with Crippen LogP contribution >= 0.6 is 0 Å². The van der Waals surface area contributed by atoms with E-state index in [0.29, 0.717) is 28.3 Å². The largest absolute Gasteiger partial charge is 0.496 e. The molecule has 31 heavy (non-hydrogen) atoms. The van der Waals surface area contributed by atoms with Gasteiger partial charge in [-0.25, -0.2) is 9.18 Å². The number of nitrogens with one attached hydrogen (secondary N) is 1. The average Bonchev–Trinajstić information content (AvgIpc) is 3.19. The zero-order chi connectivity index (χ0) is 22.8. The molecular formula is C23H24FN3O4. The summed E-state index contributed by atoms with van der Waals surface area (Å²) in [6.45, 7) is 5.88. The van der Waals surface area contributed by atoms with Gasteiger partial charge in [0.05, 0.1) is 37.2 Å². The molecule has 1 N–H and O–H groups in total. The molecule has 0 spiro atoms. The van der Waals surface area contributed by atoms with Crippen LogP contribution in [0.2, 0.25) is 0 Å². The first-order valence-electron chi connectivity index (χ1n) is 9.58. The lowest BCUT2D eigenvalue weighted by atomic mass is 10.0. The number of esters is 1. The molecule has 0 aliphatic rings. The van der Waals surface area contributed by atoms with E-state index in [1.165, 1.54) is 38.6 Å². The van der Waals surface area contributed by atoms with E-state index in [1.54, 1.807) is 28.9 Å². The van der Waals surface area contributed by atoms with E-state index < -0.39 is 17.4 Å². The van der Waals surface area contributed by atoms with E-state index in [9.17, 15) is 14.0 Å². The van der Waals surface area contributed by atoms with Crippen LogP contribution in [0, 0.1) is 5.82 Å². The summed E-state index contributed by atoms with van der Waals surface area (Å²) in [5.74, 6) is -1.04. The maximum atomic E-state index is 13.5. The summed E-state index contributed by atoms with van der Waals surface area (Å²) in [7, 11) is 2.71. The van der Waals surface area contributed by atoms with Crippen LogP contribution in [0.3, 0.4) is 0 Å². The van der Waals surface area contributed by atoms with Gasteiger partial charge >= 0.3 is 5.97 Å². The molecule has 1 heterocycles. The highest BCUT2D eigenvalue weighted by Crippen LogP contribution is 2.30. The average molecular weight is 425 g/mol. The van der Waals surface area contributed by atoms with E-state index in [1.807, 2.05) is 20.8 Å². The molecule has 0 saturated heterocycles. The zero-order valence-corrected chi connectivity index (χ0v) is 18.0. The molecule has 8 heteroatoms. The Labute approximate surface area is 179 Å². The third-order valence-electron chi connectivity index (χ3n) is 4.63. The topological polar surface area (TPSA) is 82.5 Å². The van der Waals surface area contributed by atoms with Crippen molar-refractivity contribution in [3.63, 3.8) is 0 Å². The minimum atomic E-state index is -0.583. The molecule has 0 atom stereocenters. The highest BCUT2D eigenvalue weighted by atomic mass is 19.1. The van der Waals surface area contributed by atoms with Gasteiger partial charge in [0.1, 0.15) is 17.1 Å². The molecule has 3 rings (SSSR count). The molecule has 0 aliphatic carbocycles. The van der Waals surface area contributed by atoms with Crippen LogP contribution < -0.4 is 10.1 Å². The van der Waals surface area contributed by atoms with Gasteiger partial charge in [-0.1, -0.05) is 0 Å². The first kappa shape index (κ1) is 22.0. The number of benzene rings is 2. The fourth-order valence-electron chi connectivity index (χ4n) is 3.16. The molecular weight excluding hydrogens is 401 g/mol. The van der Waals surface area contributed by atoms with Gasteiger partial charge < -0.3 is 14.8 Å². The Bertz CT molecular complexity index is 1110. The first-order chi connectivity index (χ1) is 14.7. The number of aromatic nitrogens is 2. The standard InChI is InChI=1S/C23H24FN3O4/c1-23(2,3)27-20(14-6-8-15(24)9-7-14)18(13-25-27)21(28)26-16-10-11-19(30-4)17(12-16)22(29)31-5/h6-13H,1-5H3,(H,26,28). The highest BCUT2D eigenvalue weighted by Gasteiger charge is 2.26. The summed E-state index contributed by atoms with van der Waals surface area (Å²) < 4.78 is 25.1. The number of carbonyl (C=O) groups excluding carboxylic acids is 2. The van der Waals surface area contributed by atoms with Crippen molar-refractivity contribution in [2.45, 2.75) is 26.3 Å². The van der Waals surface area contributed by atoms with Crippen LogP contribution in [-0.4, -0.2) is 35.9 Å². The van der Waals surface area contributed by atoms with Crippen LogP contribution in [0.25, 0.3) is 11.3 Å². The van der Waals surface area contributed by atoms with Gasteiger partial charge in [0.2, 0.25) is 0 Å². The van der Waals surface area contributed by atoms with Gasteiger partial charge in [-0.3, -0.25) is 9.48 Å². The zero-order valence-electron chi connectivity index (χ0n) is 18.0. The molecule has 0 saturated carbocycles. The van der Waals surface area contributed by atoms with E-state index in [4.69, 9.17) is 9.47 Å². The summed E-state index contributed by atoms with van der Waals surface area (Å²) >= 11 is 0. The minimum absolute atomic E-state index is 0.187. The van der Waals surface area contributed by atoms with Gasteiger partial charge in [0.25, 0.3) is 5.91 Å². The van der Waals surface area contributed by atoms with Crippen LogP contribution in [0.5, 0.6) is 5.75 Å². The Morgan fingerprint density at radius 2 is 1.71 bits per heavy atom. The molecule has 0 aliphatic heterocycles. The monoisotopic (exact) mass is 425 g/mol. The summed E-state index contributed by atoms with van der Waals surface area (Å²) in [6.07, 6.45) is 1.48. The van der Waals surface area contributed by atoms with Crippen molar-refractivity contribution in [1.29, 1.82) is 0 Å². The van der Waals surface area contributed by atoms with Crippen LogP contribution in [-0.2, 0) is 10.3 Å². The molecule has 0 bridgehead atoms. The number of ether oxygens (including phenoxy) is 2. The Morgan fingerprint density at radius 3 is 2.29 bits per heavy atom. The quantitative estimate of drug-likeness (QED) is 0.609. The molecule has 0 radical (unpaired) electrons. The summed E-state index contributed by atoms with van der Waals surface area (Å²) in [5.41, 5.74) is 1.69. The number of methoxy groups -OCH3 is 2. The number of carbonyl (C=O) groups is 2. The van der Waals surface area contributed by atoms with Crippen LogP contribution in [0.1, 0.15) is 41.5 Å². The summed E-state index contributed by atoms with van der Waals surface area (Å²) in [4.78, 5) is 25.2. The lowest BCUT2D eigenvalue weighted by Gasteiger charge is -2.23. The highest BCUT2D eigenvalue weighted by molar-refractivity contribution is 6.08. The van der Waals surface area contributed by atoms with E-state index >= 15 is 0 Å². The van der Waals surface area contributed by atoms with Gasteiger partial charge in [0, 0.05) is 11.3 Å². The van der Waals surface area contributed by atoms with E-state index in [-0.39, 0.29) is 11.4 Å². The fraction of sp³-hybridized carbons (Fsp3) is 0.261. The number of hydrogen-bond donors (Lipinski definition) is 1. The molecule has 0 fully saturated rings. The Morgan fingerprint density at radius 1 is 1.03 bits per heavy atom. The summed E-state index contributed by atoms with van der Waals surface area (Å²) in [5, 5.41) is 7.19. The number of hydrogen-bond acceptors (Lipinski definition) is 5. The number of amides is 1. The first-order valence-corrected chi connectivity index (χ1v) is 9.58. The predicted molar refractivity (Wildman–Crippen MR) is 115 cm³/mol. The second-order valence-electron chi connectivity index (χ2n) is 7.86. The number of rotatable bonds is 5. The third kappa shape index (κ3) is 4.58. The van der Waals surface area contributed by atoms with Crippen molar-refractivity contribution in [2.24, 2.45) is 0 Å². The van der Waals surface area contributed by atoms with Crippen LogP contribution in [0.15, 0.2) is 48.7 Å². The maximum absolute atomic E-state index is 13.5. The molecule has 162 valence electrons. The minimum Gasteiger partial charge on any atom is -0.496 e. The third-order valence-corrected chi connectivity index (χ3v) is 4.63. The van der Waals surface area contributed by atoms with Crippen LogP contribution in [0.4, 0.5) is 10.1 Å². The Kier molecular flexibility index (Phi) is 6.10. The Hall–Kier alpha value is -3.68. The Balaban J connectivity index is 2.02. The SMILES string of the molecule is COC(=O)c1cc(NC(=O)c2cnn(C(C)(C)C)c2-c2ccc(F)cc2)ccc1OC. The summed E-state index contributed by atoms with van der Waals surface area (Å²) in [6, 6.07) is 10.6. The van der Waals surface area contributed by atoms with E-state index in [0.717, 1.165) is 0 Å². The lowest BCUT2D eigenvalue weighted by Crippen LogP contribution is -2.24. The second-order valence-corrected chi connectivity index (χ2v) is 7.86. The van der Waals surface area contributed by atoms with Crippen molar-refractivity contribution in [1.82, 2.24) is 9.78 Å². The number of nitrogens with zero attached hydrogens (tertiary/aromatic N) is 2. The molecule has 3 aromatic rings. The number of anilines is 1. The number of halogens is 1. The van der Waals surface area contributed by atoms with Crippen molar-refractivity contribution < 1.29 is 23.5 Å². The molecule has 0 unspecified atom stereocenters. The van der Waals surface area contributed by atoms with Crippen molar-refractivity contribution >= 4 is 17.6 Å². The van der Waals surface area contributed by atoms with Gasteiger partial charge in [-0.05, 0) is 63.2 Å².